The van der Waals surface area contributed by atoms with Crippen LogP contribution in [0.5, 0.6) is 0 Å². The van der Waals surface area contributed by atoms with Gasteiger partial charge in [-0.15, -0.1) is 0 Å². The molecule has 1 nitrogen and oxygen atoms in total. The molecule has 3 heteroatoms. The summed E-state index contributed by atoms with van der Waals surface area (Å²) in [4.78, 5) is 0. The van der Waals surface area contributed by atoms with E-state index in [0.29, 0.717) is 18.1 Å². The van der Waals surface area contributed by atoms with Crippen molar-refractivity contribution in [3.8, 4) is 0 Å². The Morgan fingerprint density at radius 1 is 1.33 bits per heavy atom. The standard InChI is InChI=1S/C12H20F2O/c1-5-11(15-12(13)14)7-6-10(4)8-9(2)3/h5-6,9,12H,7-8H2,1-4H3/b10-6+,11-5+. The first-order valence-corrected chi connectivity index (χ1v) is 5.21. The predicted octanol–water partition coefficient (Wildman–Crippen LogP) is 4.51. The van der Waals surface area contributed by atoms with E-state index in [9.17, 15) is 8.78 Å². The molecule has 0 aliphatic rings. The van der Waals surface area contributed by atoms with Gasteiger partial charge in [-0.3, -0.25) is 0 Å². The molecule has 0 saturated carbocycles. The van der Waals surface area contributed by atoms with Crippen LogP contribution in [0.25, 0.3) is 0 Å². The molecule has 0 saturated heterocycles. The fraction of sp³-hybridized carbons (Fsp3) is 0.667. The van der Waals surface area contributed by atoms with Gasteiger partial charge in [0.1, 0.15) is 5.76 Å². The van der Waals surface area contributed by atoms with Crippen LogP contribution in [-0.2, 0) is 4.74 Å². The molecule has 15 heavy (non-hydrogen) atoms. The summed E-state index contributed by atoms with van der Waals surface area (Å²) in [6, 6.07) is 0. The summed E-state index contributed by atoms with van der Waals surface area (Å²) >= 11 is 0. The molecule has 0 rings (SSSR count). The third kappa shape index (κ3) is 8.16. The molecule has 0 aromatic heterocycles. The van der Waals surface area contributed by atoms with E-state index in [0.717, 1.165) is 6.42 Å². The van der Waals surface area contributed by atoms with E-state index in [1.54, 1.807) is 13.0 Å². The summed E-state index contributed by atoms with van der Waals surface area (Å²) in [5, 5.41) is 0. The van der Waals surface area contributed by atoms with Gasteiger partial charge in [-0.1, -0.05) is 25.5 Å². The van der Waals surface area contributed by atoms with Crippen molar-refractivity contribution in [3.05, 3.63) is 23.5 Å². The van der Waals surface area contributed by atoms with E-state index < -0.39 is 6.61 Å². The van der Waals surface area contributed by atoms with Crippen molar-refractivity contribution in [1.82, 2.24) is 0 Å². The Morgan fingerprint density at radius 3 is 2.33 bits per heavy atom. The van der Waals surface area contributed by atoms with Gasteiger partial charge in [0.25, 0.3) is 0 Å². The molecule has 0 amide bonds. The number of hydrogen-bond donors (Lipinski definition) is 0. The van der Waals surface area contributed by atoms with E-state index in [2.05, 4.69) is 18.6 Å². The minimum atomic E-state index is -2.73. The molecule has 88 valence electrons. The maximum atomic E-state index is 11.9. The Morgan fingerprint density at radius 2 is 1.93 bits per heavy atom. The minimum Gasteiger partial charge on any atom is -0.439 e. The summed E-state index contributed by atoms with van der Waals surface area (Å²) in [5.41, 5.74) is 1.21. The summed E-state index contributed by atoms with van der Waals surface area (Å²) in [6.07, 6.45) is 4.95. The molecule has 0 unspecified atom stereocenters. The molecule has 0 aliphatic carbocycles. The lowest BCUT2D eigenvalue weighted by Gasteiger charge is -2.08. The molecular formula is C12H20F2O. The highest BCUT2D eigenvalue weighted by Crippen LogP contribution is 2.15. The zero-order valence-electron chi connectivity index (χ0n) is 9.89. The Bertz CT molecular complexity index is 230. The molecule has 0 heterocycles. The van der Waals surface area contributed by atoms with E-state index in [1.807, 2.05) is 13.0 Å². The quantitative estimate of drug-likeness (QED) is 0.470. The summed E-state index contributed by atoms with van der Waals surface area (Å²) < 4.78 is 28.2. The van der Waals surface area contributed by atoms with Crippen LogP contribution >= 0.6 is 0 Å². The van der Waals surface area contributed by atoms with Crippen molar-refractivity contribution in [2.45, 2.75) is 47.1 Å². The fourth-order valence-corrected chi connectivity index (χ4v) is 1.35. The van der Waals surface area contributed by atoms with Gasteiger partial charge in [-0.2, -0.15) is 8.78 Å². The lowest BCUT2D eigenvalue weighted by molar-refractivity contribution is -0.0973. The van der Waals surface area contributed by atoms with Crippen LogP contribution in [0.3, 0.4) is 0 Å². The number of ether oxygens (including phenoxy) is 1. The molecule has 0 aliphatic heterocycles. The van der Waals surface area contributed by atoms with Crippen LogP contribution in [0.2, 0.25) is 0 Å². The van der Waals surface area contributed by atoms with Crippen molar-refractivity contribution >= 4 is 0 Å². The highest BCUT2D eigenvalue weighted by atomic mass is 19.3. The summed E-state index contributed by atoms with van der Waals surface area (Å²) in [7, 11) is 0. The minimum absolute atomic E-state index is 0.327. The first-order valence-electron chi connectivity index (χ1n) is 5.21. The number of allylic oxidation sites excluding steroid dienone is 3. The highest BCUT2D eigenvalue weighted by molar-refractivity contribution is 5.06. The Balaban J connectivity index is 4.10. The zero-order valence-corrected chi connectivity index (χ0v) is 9.89. The van der Waals surface area contributed by atoms with Crippen molar-refractivity contribution in [3.63, 3.8) is 0 Å². The second-order valence-electron chi connectivity index (χ2n) is 3.99. The van der Waals surface area contributed by atoms with E-state index >= 15 is 0 Å². The predicted molar refractivity (Wildman–Crippen MR) is 58.7 cm³/mol. The lowest BCUT2D eigenvalue weighted by atomic mass is 10.0. The SMILES string of the molecule is C/C=C(\C/C=C(\C)CC(C)C)OC(F)F. The van der Waals surface area contributed by atoms with Gasteiger partial charge in [0.2, 0.25) is 0 Å². The average molecular weight is 218 g/mol. The number of halogens is 2. The Labute approximate surface area is 90.8 Å². The highest BCUT2D eigenvalue weighted by Gasteiger charge is 2.05. The Kier molecular flexibility index (Phi) is 7.01. The maximum Gasteiger partial charge on any atom is 0.387 e. The normalized spacial score (nSPS) is 13.9. The first kappa shape index (κ1) is 14.1. The molecule has 0 aromatic rings. The van der Waals surface area contributed by atoms with Gasteiger partial charge in [-0.25, -0.2) is 0 Å². The third-order valence-electron chi connectivity index (χ3n) is 1.94. The average Bonchev–Trinajstić information content (AvgIpc) is 2.10. The molecular weight excluding hydrogens is 198 g/mol. The maximum absolute atomic E-state index is 11.9. The largest absolute Gasteiger partial charge is 0.439 e. The van der Waals surface area contributed by atoms with Gasteiger partial charge < -0.3 is 4.74 Å². The van der Waals surface area contributed by atoms with Gasteiger partial charge in [-0.05, 0) is 32.3 Å². The van der Waals surface area contributed by atoms with Gasteiger partial charge in [0.15, 0.2) is 0 Å². The number of rotatable bonds is 6. The smallest absolute Gasteiger partial charge is 0.387 e. The molecule has 0 atom stereocenters. The molecule has 0 radical (unpaired) electrons. The molecule has 0 bridgehead atoms. The number of hydrogen-bond acceptors (Lipinski definition) is 1. The lowest BCUT2D eigenvalue weighted by Crippen LogP contribution is -1.98. The number of alkyl halides is 2. The molecule has 0 spiro atoms. The van der Waals surface area contributed by atoms with Crippen LogP contribution < -0.4 is 0 Å². The zero-order chi connectivity index (χ0) is 11.8. The van der Waals surface area contributed by atoms with Gasteiger partial charge in [0, 0.05) is 6.42 Å². The van der Waals surface area contributed by atoms with E-state index in [1.165, 1.54) is 5.57 Å². The summed E-state index contributed by atoms with van der Waals surface area (Å²) in [6.45, 7) is 5.24. The van der Waals surface area contributed by atoms with Crippen LogP contribution in [0.4, 0.5) is 8.78 Å². The monoisotopic (exact) mass is 218 g/mol. The van der Waals surface area contributed by atoms with Crippen LogP contribution in [0.1, 0.15) is 40.5 Å². The van der Waals surface area contributed by atoms with Crippen molar-refractivity contribution in [2.24, 2.45) is 5.92 Å². The van der Waals surface area contributed by atoms with Crippen molar-refractivity contribution < 1.29 is 13.5 Å². The van der Waals surface area contributed by atoms with E-state index in [4.69, 9.17) is 0 Å². The van der Waals surface area contributed by atoms with Gasteiger partial charge in [0.05, 0.1) is 0 Å². The van der Waals surface area contributed by atoms with Crippen molar-refractivity contribution in [1.29, 1.82) is 0 Å². The third-order valence-corrected chi connectivity index (χ3v) is 1.94. The second-order valence-corrected chi connectivity index (χ2v) is 3.99. The van der Waals surface area contributed by atoms with Gasteiger partial charge >= 0.3 is 6.61 Å². The van der Waals surface area contributed by atoms with Crippen LogP contribution in [0, 0.1) is 5.92 Å². The molecule has 0 N–H and O–H groups in total. The molecule has 0 aromatic carbocycles. The molecule has 0 fully saturated rings. The topological polar surface area (TPSA) is 9.23 Å². The van der Waals surface area contributed by atoms with Crippen molar-refractivity contribution in [2.75, 3.05) is 0 Å². The fourth-order valence-electron chi connectivity index (χ4n) is 1.35. The van der Waals surface area contributed by atoms with Crippen LogP contribution in [0.15, 0.2) is 23.5 Å². The first-order chi connectivity index (χ1) is 6.95. The summed E-state index contributed by atoms with van der Waals surface area (Å²) in [5.74, 6) is 0.916. The van der Waals surface area contributed by atoms with Crippen LogP contribution in [-0.4, -0.2) is 6.61 Å². The second kappa shape index (κ2) is 7.43. The van der Waals surface area contributed by atoms with E-state index in [-0.39, 0.29) is 0 Å². The Hall–Kier alpha value is -0.860.